The molecule has 0 fully saturated rings. The van der Waals surface area contributed by atoms with Gasteiger partial charge in [0.25, 0.3) is 0 Å². The van der Waals surface area contributed by atoms with Crippen LogP contribution in [0.25, 0.3) is 0 Å². The molecule has 3 nitrogen and oxygen atoms in total. The van der Waals surface area contributed by atoms with Crippen LogP contribution in [0.1, 0.15) is 72.9 Å². The first-order valence-corrected chi connectivity index (χ1v) is 18.9. The lowest BCUT2D eigenvalue weighted by Crippen LogP contribution is -2.39. The van der Waals surface area contributed by atoms with Gasteiger partial charge in [0.05, 0.1) is 18.5 Å². The maximum absolute atomic E-state index is 6.23. The standard InChI is InChI=1S/C50H48N2O/c1-34-29-30-44(36(3)35(34)2)47-28-18-27-42-33-51(37(4)52(42)47)50-45(48(38-19-10-6-11-20-38)39-21-12-7-13-22-39)31-43(53-5)32-46(50)49(40-23-14-8-15-24-40)41-25-16-9-17-26-41/h6-33,35-37,48-49H,1-5H3/t35?,36-,37?/m1/s1. The highest BCUT2D eigenvalue weighted by atomic mass is 16.5. The third-order valence-corrected chi connectivity index (χ3v) is 11.7. The molecule has 0 N–H and O–H groups in total. The predicted molar refractivity (Wildman–Crippen MR) is 220 cm³/mol. The molecular weight excluding hydrogens is 645 g/mol. The van der Waals surface area contributed by atoms with E-state index in [0.29, 0.717) is 11.8 Å². The maximum atomic E-state index is 6.23. The second kappa shape index (κ2) is 14.7. The van der Waals surface area contributed by atoms with Gasteiger partial charge in [0.2, 0.25) is 0 Å². The van der Waals surface area contributed by atoms with Crippen LogP contribution >= 0.6 is 0 Å². The molecule has 53 heavy (non-hydrogen) atoms. The highest BCUT2D eigenvalue weighted by molar-refractivity contribution is 5.73. The average Bonchev–Trinajstić information content (AvgIpc) is 3.54. The van der Waals surface area contributed by atoms with Gasteiger partial charge < -0.3 is 14.5 Å². The molecule has 5 aromatic carbocycles. The van der Waals surface area contributed by atoms with Crippen molar-refractivity contribution in [3.05, 3.63) is 226 Å². The lowest BCUT2D eigenvalue weighted by Gasteiger charge is -2.40. The maximum Gasteiger partial charge on any atom is 0.119 e. The number of hydrogen-bond acceptors (Lipinski definition) is 3. The second-order valence-electron chi connectivity index (χ2n) is 14.6. The Bertz CT molecular complexity index is 2050. The summed E-state index contributed by atoms with van der Waals surface area (Å²) >= 11 is 0. The van der Waals surface area contributed by atoms with E-state index >= 15 is 0 Å². The van der Waals surface area contributed by atoms with Crippen LogP contribution in [-0.4, -0.2) is 18.2 Å². The van der Waals surface area contributed by atoms with Gasteiger partial charge in [-0.2, -0.15) is 0 Å². The smallest absolute Gasteiger partial charge is 0.119 e. The monoisotopic (exact) mass is 692 g/mol. The van der Waals surface area contributed by atoms with E-state index in [9.17, 15) is 0 Å². The van der Waals surface area contributed by atoms with Gasteiger partial charge in [0, 0.05) is 23.7 Å². The highest BCUT2D eigenvalue weighted by Crippen LogP contribution is 2.50. The first-order valence-electron chi connectivity index (χ1n) is 18.9. The van der Waals surface area contributed by atoms with Crippen molar-refractivity contribution < 1.29 is 4.74 Å². The van der Waals surface area contributed by atoms with E-state index in [1.54, 1.807) is 7.11 Å². The quantitative estimate of drug-likeness (QED) is 0.143. The number of hydrogen-bond donors (Lipinski definition) is 0. The van der Waals surface area contributed by atoms with E-state index in [1.165, 1.54) is 61.6 Å². The SMILES string of the molecule is COc1cc(C(c2ccccc2)c2ccccc2)c(N2C=C3C=CC=C(C4=CC=C(C)C(C)[C@H]4C)N3C2C)c(C(c2ccccc2)c2ccccc2)c1. The van der Waals surface area contributed by atoms with Gasteiger partial charge in [0.15, 0.2) is 0 Å². The fourth-order valence-corrected chi connectivity index (χ4v) is 8.62. The molecule has 0 bridgehead atoms. The number of methoxy groups -OCH3 is 1. The number of rotatable bonds is 9. The van der Waals surface area contributed by atoms with Crippen LogP contribution in [0.2, 0.25) is 0 Å². The van der Waals surface area contributed by atoms with E-state index in [-0.39, 0.29) is 18.0 Å². The van der Waals surface area contributed by atoms with Crippen molar-refractivity contribution in [2.45, 2.75) is 45.7 Å². The Morgan fingerprint density at radius 2 is 1.06 bits per heavy atom. The number of benzene rings is 5. The number of nitrogens with zero attached hydrogens (tertiary/aromatic N) is 2. The van der Waals surface area contributed by atoms with Crippen LogP contribution in [0, 0.1) is 11.8 Å². The average molecular weight is 693 g/mol. The van der Waals surface area contributed by atoms with Crippen LogP contribution in [0.15, 0.2) is 193 Å². The molecule has 0 amide bonds. The molecule has 2 unspecified atom stereocenters. The van der Waals surface area contributed by atoms with Crippen LogP contribution < -0.4 is 9.64 Å². The van der Waals surface area contributed by atoms with Gasteiger partial charge in [-0.25, -0.2) is 0 Å². The van der Waals surface area contributed by atoms with E-state index in [4.69, 9.17) is 4.74 Å². The first-order chi connectivity index (χ1) is 25.9. The van der Waals surface area contributed by atoms with Gasteiger partial charge in [0.1, 0.15) is 11.9 Å². The summed E-state index contributed by atoms with van der Waals surface area (Å²) in [6.07, 6.45) is 13.8. The molecule has 8 rings (SSSR count). The van der Waals surface area contributed by atoms with E-state index in [0.717, 1.165) is 5.75 Å². The van der Waals surface area contributed by atoms with Crippen LogP contribution in [-0.2, 0) is 0 Å². The molecule has 3 aliphatic rings. The summed E-state index contributed by atoms with van der Waals surface area (Å²) in [7, 11) is 1.79. The van der Waals surface area contributed by atoms with Crippen molar-refractivity contribution in [1.82, 2.24) is 4.90 Å². The molecule has 0 saturated heterocycles. The molecule has 264 valence electrons. The van der Waals surface area contributed by atoms with Gasteiger partial charge in [-0.3, -0.25) is 0 Å². The minimum absolute atomic E-state index is 0.00176. The van der Waals surface area contributed by atoms with Gasteiger partial charge in [-0.15, -0.1) is 0 Å². The molecule has 0 radical (unpaired) electrons. The summed E-state index contributed by atoms with van der Waals surface area (Å²) in [4.78, 5) is 5.08. The number of fused-ring (bicyclic) bond motifs is 1. The van der Waals surface area contributed by atoms with Crippen molar-refractivity contribution in [2.24, 2.45) is 11.8 Å². The third-order valence-electron chi connectivity index (χ3n) is 11.7. The fraction of sp³-hybridized carbons (Fsp3) is 0.200. The third kappa shape index (κ3) is 6.35. The topological polar surface area (TPSA) is 15.7 Å². The Balaban J connectivity index is 1.40. The van der Waals surface area contributed by atoms with Gasteiger partial charge >= 0.3 is 0 Å². The molecule has 3 atom stereocenters. The van der Waals surface area contributed by atoms with E-state index in [1.807, 2.05) is 0 Å². The lowest BCUT2D eigenvalue weighted by atomic mass is 9.78. The van der Waals surface area contributed by atoms with Crippen LogP contribution in [0.3, 0.4) is 0 Å². The number of ether oxygens (including phenoxy) is 1. The number of anilines is 1. The summed E-state index contributed by atoms with van der Waals surface area (Å²) in [5, 5.41) is 0. The summed E-state index contributed by atoms with van der Waals surface area (Å²) in [5.74, 6) is 1.66. The van der Waals surface area contributed by atoms with Gasteiger partial charge in [-0.05, 0) is 88.9 Å². The Morgan fingerprint density at radius 1 is 0.585 bits per heavy atom. The van der Waals surface area contributed by atoms with E-state index < -0.39 is 0 Å². The lowest BCUT2D eigenvalue weighted by molar-refractivity contribution is 0.360. The summed E-state index contributed by atoms with van der Waals surface area (Å²) in [5.41, 5.74) is 13.9. The van der Waals surface area contributed by atoms with Crippen molar-refractivity contribution in [3.63, 3.8) is 0 Å². The number of allylic oxidation sites excluding steroid dienone is 7. The normalized spacial score (nSPS) is 19.5. The molecule has 0 spiro atoms. The molecule has 5 aromatic rings. The predicted octanol–water partition coefficient (Wildman–Crippen LogP) is 12.0. The Labute approximate surface area is 315 Å². The molecule has 0 saturated carbocycles. The van der Waals surface area contributed by atoms with E-state index in [2.05, 4.69) is 208 Å². The zero-order valence-electron chi connectivity index (χ0n) is 31.4. The van der Waals surface area contributed by atoms with Crippen LogP contribution in [0.5, 0.6) is 5.75 Å². The minimum atomic E-state index is -0.0442. The summed E-state index contributed by atoms with van der Waals surface area (Å²) in [6, 6.07) is 48.3. The molecule has 2 aliphatic heterocycles. The Hall–Kier alpha value is -5.80. The first kappa shape index (κ1) is 34.3. The van der Waals surface area contributed by atoms with Crippen molar-refractivity contribution in [1.29, 1.82) is 0 Å². The fourth-order valence-electron chi connectivity index (χ4n) is 8.62. The largest absolute Gasteiger partial charge is 0.497 e. The van der Waals surface area contributed by atoms with Gasteiger partial charge in [-0.1, -0.05) is 159 Å². The zero-order valence-corrected chi connectivity index (χ0v) is 31.4. The van der Waals surface area contributed by atoms with Crippen molar-refractivity contribution in [3.8, 4) is 5.75 Å². The Kier molecular flexibility index (Phi) is 9.50. The second-order valence-corrected chi connectivity index (χ2v) is 14.6. The van der Waals surface area contributed by atoms with Crippen molar-refractivity contribution in [2.75, 3.05) is 12.0 Å². The highest BCUT2D eigenvalue weighted by Gasteiger charge is 2.39. The zero-order chi connectivity index (χ0) is 36.5. The summed E-state index contributed by atoms with van der Waals surface area (Å²) < 4.78 is 6.23. The molecule has 1 aliphatic carbocycles. The molecule has 0 aromatic heterocycles. The molecule has 2 heterocycles. The molecular formula is C50H48N2O. The minimum Gasteiger partial charge on any atom is -0.497 e. The van der Waals surface area contributed by atoms with Crippen molar-refractivity contribution >= 4 is 5.69 Å². The van der Waals surface area contributed by atoms with Crippen LogP contribution in [0.4, 0.5) is 5.69 Å². The Morgan fingerprint density at radius 3 is 1.51 bits per heavy atom. The molecule has 3 heteroatoms. The summed E-state index contributed by atoms with van der Waals surface area (Å²) in [6.45, 7) is 9.35.